The first-order valence-electron chi connectivity index (χ1n) is 15.8. The summed E-state index contributed by atoms with van der Waals surface area (Å²) in [7, 11) is 0. The van der Waals surface area contributed by atoms with E-state index in [0.717, 1.165) is 16.7 Å². The highest BCUT2D eigenvalue weighted by Crippen LogP contribution is 2.34. The first kappa shape index (κ1) is 38.3. The molecule has 2 rings (SSSR count). The molecule has 2 aromatic carbocycles. The number of nitrogens with zero attached hydrogens (tertiary/aromatic N) is 1. The second kappa shape index (κ2) is 15.6. The topological polar surface area (TPSA) is 134 Å². The normalized spacial score (nSPS) is 14.0. The van der Waals surface area contributed by atoms with Gasteiger partial charge in [-0.25, -0.2) is 9.59 Å². The number of rotatable bonds is 12. The molecule has 0 aliphatic rings. The Morgan fingerprint density at radius 3 is 1.93 bits per heavy atom. The summed E-state index contributed by atoms with van der Waals surface area (Å²) in [6, 6.07) is 11.2. The Kier molecular flexibility index (Phi) is 13.0. The maximum Gasteiger partial charge on any atom is 0.408 e. The fourth-order valence-corrected chi connectivity index (χ4v) is 4.87. The van der Waals surface area contributed by atoms with Crippen LogP contribution in [0.25, 0.3) is 0 Å². The maximum atomic E-state index is 14.6. The summed E-state index contributed by atoms with van der Waals surface area (Å²) in [4.78, 5) is 56.7. The lowest BCUT2D eigenvalue weighted by Gasteiger charge is -2.45. The van der Waals surface area contributed by atoms with Gasteiger partial charge in [-0.3, -0.25) is 9.59 Å². The number of carbonyl (C=O) groups excluding carboxylic acids is 4. The van der Waals surface area contributed by atoms with Gasteiger partial charge in [-0.2, -0.15) is 0 Å². The SMILES string of the molecule is CCC(C)(C)N(C(=O)C(CO)NC(=O)OC(C)(C)C)C(C(=O)NC(Cc1ccccc1)C(=O)OC(C)(C)C)c1cc(C)ccc1C. The summed E-state index contributed by atoms with van der Waals surface area (Å²) >= 11 is 0. The zero-order valence-electron chi connectivity index (χ0n) is 29.3. The summed E-state index contributed by atoms with van der Waals surface area (Å²) in [6.07, 6.45) is -0.293. The molecule has 10 heteroatoms. The van der Waals surface area contributed by atoms with Crippen LogP contribution in [-0.2, 0) is 30.3 Å². The van der Waals surface area contributed by atoms with Crippen molar-refractivity contribution in [3.63, 3.8) is 0 Å². The highest BCUT2D eigenvalue weighted by atomic mass is 16.6. The third kappa shape index (κ3) is 11.2. The largest absolute Gasteiger partial charge is 0.458 e. The van der Waals surface area contributed by atoms with Gasteiger partial charge in [0.05, 0.1) is 6.61 Å². The molecule has 0 saturated heterocycles. The van der Waals surface area contributed by atoms with Crippen molar-refractivity contribution < 1.29 is 33.8 Å². The molecule has 2 aromatic rings. The first-order valence-corrected chi connectivity index (χ1v) is 15.8. The molecule has 0 aliphatic carbocycles. The Morgan fingerprint density at radius 1 is 0.826 bits per heavy atom. The predicted molar refractivity (Wildman–Crippen MR) is 178 cm³/mol. The Hall–Kier alpha value is -3.92. The monoisotopic (exact) mass is 639 g/mol. The molecule has 10 nitrogen and oxygen atoms in total. The third-order valence-electron chi connectivity index (χ3n) is 7.45. The summed E-state index contributed by atoms with van der Waals surface area (Å²) in [5, 5.41) is 15.7. The van der Waals surface area contributed by atoms with E-state index >= 15 is 0 Å². The average molecular weight is 640 g/mol. The van der Waals surface area contributed by atoms with Crippen LogP contribution in [-0.4, -0.2) is 69.3 Å². The van der Waals surface area contributed by atoms with Crippen molar-refractivity contribution in [2.24, 2.45) is 0 Å². The summed E-state index contributed by atoms with van der Waals surface area (Å²) in [6.45, 7) is 18.8. The first-order chi connectivity index (χ1) is 21.2. The standard InChI is InChI=1S/C36H53N3O7/c1-12-36(10,11)39(31(42)28(22-40)38-33(44)46-35(7,8)9)29(26-20-23(2)18-19-24(26)3)30(41)37-27(32(43)45-34(4,5)6)21-25-16-14-13-15-17-25/h13-20,27-29,40H,12,21-22H2,1-11H3,(H,37,41)(H,38,44). The summed E-state index contributed by atoms with van der Waals surface area (Å²) in [5.41, 5.74) is 0.365. The van der Waals surface area contributed by atoms with Crippen molar-refractivity contribution in [3.05, 3.63) is 70.8 Å². The molecule has 3 unspecified atom stereocenters. The minimum Gasteiger partial charge on any atom is -0.458 e. The van der Waals surface area contributed by atoms with Crippen LogP contribution in [0.3, 0.4) is 0 Å². The van der Waals surface area contributed by atoms with E-state index in [-0.39, 0.29) is 6.42 Å². The fourth-order valence-electron chi connectivity index (χ4n) is 4.87. The smallest absolute Gasteiger partial charge is 0.408 e. The zero-order chi connectivity index (χ0) is 35.0. The number of aliphatic hydroxyl groups excluding tert-OH is 1. The van der Waals surface area contributed by atoms with E-state index in [0.29, 0.717) is 12.0 Å². The van der Waals surface area contributed by atoms with E-state index < -0.39 is 65.4 Å². The van der Waals surface area contributed by atoms with Crippen LogP contribution in [0.5, 0.6) is 0 Å². The Labute approximate surface area is 274 Å². The quantitative estimate of drug-likeness (QED) is 0.268. The number of carbonyl (C=O) groups is 4. The number of ether oxygens (including phenoxy) is 2. The molecule has 0 bridgehead atoms. The number of hydrogen-bond acceptors (Lipinski definition) is 7. The number of nitrogens with one attached hydrogen (secondary N) is 2. The molecule has 254 valence electrons. The molecule has 0 aromatic heterocycles. The molecule has 0 fully saturated rings. The van der Waals surface area contributed by atoms with E-state index in [1.165, 1.54) is 4.90 Å². The molecule has 0 spiro atoms. The molecular formula is C36H53N3O7. The highest BCUT2D eigenvalue weighted by Gasteiger charge is 2.44. The number of aliphatic hydroxyl groups is 1. The lowest BCUT2D eigenvalue weighted by atomic mass is 9.89. The number of esters is 1. The number of aryl methyl sites for hydroxylation is 2. The van der Waals surface area contributed by atoms with Crippen molar-refractivity contribution in [1.29, 1.82) is 0 Å². The third-order valence-corrected chi connectivity index (χ3v) is 7.45. The fraction of sp³-hybridized carbons (Fsp3) is 0.556. The Morgan fingerprint density at radius 2 is 1.41 bits per heavy atom. The van der Waals surface area contributed by atoms with Crippen molar-refractivity contribution in [2.75, 3.05) is 6.61 Å². The molecule has 0 saturated carbocycles. The van der Waals surface area contributed by atoms with E-state index in [9.17, 15) is 24.3 Å². The highest BCUT2D eigenvalue weighted by molar-refractivity contribution is 5.94. The molecular weight excluding hydrogens is 586 g/mol. The second-order valence-electron chi connectivity index (χ2n) is 14.3. The van der Waals surface area contributed by atoms with Gasteiger partial charge in [0.25, 0.3) is 0 Å². The Bertz CT molecular complexity index is 1360. The van der Waals surface area contributed by atoms with Crippen LogP contribution in [0.15, 0.2) is 48.5 Å². The Balaban J connectivity index is 2.71. The number of amides is 3. The van der Waals surface area contributed by atoms with Crippen molar-refractivity contribution in [1.82, 2.24) is 15.5 Å². The van der Waals surface area contributed by atoms with E-state index in [1.807, 2.05) is 83.1 Å². The van der Waals surface area contributed by atoms with Crippen LogP contribution in [0.2, 0.25) is 0 Å². The van der Waals surface area contributed by atoms with Crippen molar-refractivity contribution in [2.45, 2.75) is 124 Å². The minimum absolute atomic E-state index is 0.158. The van der Waals surface area contributed by atoms with Gasteiger partial charge in [-0.05, 0) is 92.3 Å². The van der Waals surface area contributed by atoms with Crippen LogP contribution >= 0.6 is 0 Å². The van der Waals surface area contributed by atoms with Gasteiger partial charge in [0.2, 0.25) is 11.8 Å². The number of hydrogen-bond donors (Lipinski definition) is 3. The van der Waals surface area contributed by atoms with Crippen LogP contribution in [0.1, 0.15) is 97.0 Å². The van der Waals surface area contributed by atoms with Crippen LogP contribution in [0.4, 0.5) is 4.79 Å². The van der Waals surface area contributed by atoms with Crippen LogP contribution in [0, 0.1) is 13.8 Å². The minimum atomic E-state index is -1.41. The molecule has 3 N–H and O–H groups in total. The number of alkyl carbamates (subject to hydrolysis) is 1. The molecule has 46 heavy (non-hydrogen) atoms. The molecule has 3 amide bonds. The maximum absolute atomic E-state index is 14.6. The van der Waals surface area contributed by atoms with E-state index in [4.69, 9.17) is 9.47 Å². The van der Waals surface area contributed by atoms with Crippen LogP contribution < -0.4 is 10.6 Å². The van der Waals surface area contributed by atoms with E-state index in [1.54, 1.807) is 41.5 Å². The van der Waals surface area contributed by atoms with Gasteiger partial charge < -0.3 is 30.1 Å². The predicted octanol–water partition coefficient (Wildman–Crippen LogP) is 5.32. The molecule has 0 heterocycles. The molecule has 3 atom stereocenters. The van der Waals surface area contributed by atoms with Gasteiger partial charge in [-0.15, -0.1) is 0 Å². The van der Waals surface area contributed by atoms with Gasteiger partial charge >= 0.3 is 12.1 Å². The lowest BCUT2D eigenvalue weighted by molar-refractivity contribution is -0.159. The molecule has 0 aliphatic heterocycles. The summed E-state index contributed by atoms with van der Waals surface area (Å²) in [5.74, 6) is -1.90. The van der Waals surface area contributed by atoms with Crippen molar-refractivity contribution in [3.8, 4) is 0 Å². The van der Waals surface area contributed by atoms with Gasteiger partial charge in [0.15, 0.2) is 0 Å². The average Bonchev–Trinajstić information content (AvgIpc) is 2.93. The van der Waals surface area contributed by atoms with Gasteiger partial charge in [-0.1, -0.05) is 61.0 Å². The number of benzene rings is 2. The van der Waals surface area contributed by atoms with Gasteiger partial charge in [0, 0.05) is 12.0 Å². The van der Waals surface area contributed by atoms with E-state index in [2.05, 4.69) is 10.6 Å². The van der Waals surface area contributed by atoms with Gasteiger partial charge in [0.1, 0.15) is 29.3 Å². The lowest BCUT2D eigenvalue weighted by Crippen LogP contribution is -2.61. The molecule has 0 radical (unpaired) electrons. The summed E-state index contributed by atoms with van der Waals surface area (Å²) < 4.78 is 11.1. The van der Waals surface area contributed by atoms with Crippen molar-refractivity contribution >= 4 is 23.9 Å². The zero-order valence-corrected chi connectivity index (χ0v) is 29.3. The second-order valence-corrected chi connectivity index (χ2v) is 14.3.